The highest BCUT2D eigenvalue weighted by Gasteiger charge is 1.95. The van der Waals surface area contributed by atoms with Crippen LogP contribution in [-0.2, 0) is 4.79 Å². The van der Waals surface area contributed by atoms with E-state index in [1.807, 2.05) is 0 Å². The number of carboxylic acids is 1. The number of allylic oxidation sites excluding steroid dienone is 2. The first-order valence-corrected chi connectivity index (χ1v) is 4.54. The molecule has 0 heterocycles. The Morgan fingerprint density at radius 2 is 2.17 bits per heavy atom. The van der Waals surface area contributed by atoms with Gasteiger partial charge in [0.25, 0.3) is 0 Å². The van der Waals surface area contributed by atoms with Gasteiger partial charge < -0.3 is 5.11 Å². The Bertz CT molecular complexity index is 159. The molecule has 0 aromatic carbocycles. The van der Waals surface area contributed by atoms with Gasteiger partial charge in [-0.2, -0.15) is 0 Å². The molecule has 0 bridgehead atoms. The number of carboxylic acid groups (broad SMARTS) is 1. The second kappa shape index (κ2) is 6.89. The molecule has 70 valence electrons. The van der Waals surface area contributed by atoms with Crippen LogP contribution in [0.2, 0.25) is 0 Å². The van der Waals surface area contributed by atoms with Gasteiger partial charge in [0.05, 0.1) is 0 Å². The van der Waals surface area contributed by atoms with Crippen molar-refractivity contribution >= 4 is 5.97 Å². The van der Waals surface area contributed by atoms with Gasteiger partial charge >= 0.3 is 5.97 Å². The normalized spacial score (nSPS) is 15.7. The molecular formula is C10H18O2. The zero-order valence-electron chi connectivity index (χ0n) is 7.97. The fraction of sp³-hybridized carbons (Fsp3) is 0.700. The van der Waals surface area contributed by atoms with Gasteiger partial charge in [0.15, 0.2) is 0 Å². The molecule has 0 amide bonds. The maximum atomic E-state index is 9.37. The molecule has 2 nitrogen and oxygen atoms in total. The van der Waals surface area contributed by atoms with E-state index in [1.54, 1.807) is 12.5 Å². The number of hydrogen-bond acceptors (Lipinski definition) is 1. The van der Waals surface area contributed by atoms with Crippen molar-refractivity contribution in [3.8, 4) is 0 Å². The summed E-state index contributed by atoms with van der Waals surface area (Å²) in [5, 5.41) is 7.72. The van der Waals surface area contributed by atoms with Crippen LogP contribution in [0.1, 0.15) is 46.0 Å². The molecule has 2 heteroatoms. The van der Waals surface area contributed by atoms with Gasteiger partial charge in [0.1, 0.15) is 0 Å². The molecule has 0 radical (unpaired) electrons. The smallest absolute Gasteiger partial charge is 0.303 e. The molecule has 0 aromatic rings. The lowest BCUT2D eigenvalue weighted by Gasteiger charge is -2.05. The van der Waals surface area contributed by atoms with Gasteiger partial charge in [0.2, 0.25) is 0 Å². The van der Waals surface area contributed by atoms with Crippen molar-refractivity contribution in [2.75, 3.05) is 0 Å². The zero-order valence-corrected chi connectivity index (χ0v) is 7.97. The van der Waals surface area contributed by atoms with Crippen LogP contribution in [0.4, 0.5) is 0 Å². The highest BCUT2D eigenvalue weighted by molar-refractivity contribution is 5.66. The minimum Gasteiger partial charge on any atom is -0.481 e. The molecule has 1 aliphatic rings. The van der Waals surface area contributed by atoms with Gasteiger partial charge in [0, 0.05) is 6.42 Å². The fourth-order valence-electron chi connectivity index (χ4n) is 0.999. The molecule has 0 aliphatic heterocycles. The van der Waals surface area contributed by atoms with Crippen molar-refractivity contribution in [2.45, 2.75) is 46.0 Å². The molecule has 1 rings (SSSR count). The van der Waals surface area contributed by atoms with Crippen molar-refractivity contribution < 1.29 is 9.90 Å². The van der Waals surface area contributed by atoms with Gasteiger partial charge in [-0.3, -0.25) is 4.79 Å². The standard InChI is InChI=1S/C7H12.C3H6O2/c1-7-5-3-2-4-6-7;1-2-3(4)5/h5H,2-4,6H2,1H3;2H2,1H3,(H,4,5). The molecule has 1 N–H and O–H groups in total. The lowest BCUT2D eigenvalue weighted by atomic mass is 10.0. The first-order valence-electron chi connectivity index (χ1n) is 4.54. The van der Waals surface area contributed by atoms with Gasteiger partial charge in [-0.1, -0.05) is 18.6 Å². The van der Waals surface area contributed by atoms with Gasteiger partial charge in [-0.15, -0.1) is 0 Å². The third-order valence-corrected chi connectivity index (χ3v) is 1.82. The summed E-state index contributed by atoms with van der Waals surface area (Å²) in [6.07, 6.45) is 8.08. The summed E-state index contributed by atoms with van der Waals surface area (Å²) in [6.45, 7) is 3.82. The average molecular weight is 170 g/mol. The Morgan fingerprint density at radius 1 is 1.58 bits per heavy atom. The highest BCUT2D eigenvalue weighted by Crippen LogP contribution is 2.15. The third-order valence-electron chi connectivity index (χ3n) is 1.82. The molecular weight excluding hydrogens is 152 g/mol. The van der Waals surface area contributed by atoms with Crippen molar-refractivity contribution in [1.82, 2.24) is 0 Å². The summed E-state index contributed by atoms with van der Waals surface area (Å²) in [6, 6.07) is 0. The minimum absolute atomic E-state index is 0.222. The molecule has 1 aliphatic carbocycles. The minimum atomic E-state index is -0.745. The van der Waals surface area contributed by atoms with E-state index in [9.17, 15) is 4.79 Å². The summed E-state index contributed by atoms with van der Waals surface area (Å²) in [4.78, 5) is 9.37. The van der Waals surface area contributed by atoms with Crippen molar-refractivity contribution in [3.05, 3.63) is 11.6 Å². The summed E-state index contributed by atoms with van der Waals surface area (Å²) in [7, 11) is 0. The predicted molar refractivity (Wildman–Crippen MR) is 50.2 cm³/mol. The molecule has 0 spiro atoms. The van der Waals surface area contributed by atoms with E-state index < -0.39 is 5.97 Å². The largest absolute Gasteiger partial charge is 0.481 e. The number of rotatable bonds is 1. The molecule has 0 saturated heterocycles. The lowest BCUT2D eigenvalue weighted by Crippen LogP contribution is -1.86. The quantitative estimate of drug-likeness (QED) is 0.614. The number of aliphatic carboxylic acids is 1. The molecule has 0 atom stereocenters. The van der Waals surface area contributed by atoms with E-state index in [-0.39, 0.29) is 6.42 Å². The predicted octanol–water partition coefficient (Wildman–Crippen LogP) is 2.99. The molecule has 0 unspecified atom stereocenters. The SMILES string of the molecule is CC1=CCCCC1.CCC(=O)O. The second-order valence-corrected chi connectivity index (χ2v) is 3.04. The summed E-state index contributed by atoms with van der Waals surface area (Å²) in [5.41, 5.74) is 1.59. The van der Waals surface area contributed by atoms with E-state index in [1.165, 1.54) is 25.7 Å². The first kappa shape index (κ1) is 11.2. The van der Waals surface area contributed by atoms with E-state index in [0.29, 0.717) is 0 Å². The Morgan fingerprint density at radius 3 is 2.33 bits per heavy atom. The van der Waals surface area contributed by atoms with E-state index in [0.717, 1.165) is 0 Å². The van der Waals surface area contributed by atoms with Crippen LogP contribution in [0.25, 0.3) is 0 Å². The van der Waals surface area contributed by atoms with Crippen LogP contribution in [0.15, 0.2) is 11.6 Å². The summed E-state index contributed by atoms with van der Waals surface area (Å²) >= 11 is 0. The van der Waals surface area contributed by atoms with Crippen LogP contribution < -0.4 is 0 Å². The van der Waals surface area contributed by atoms with E-state index in [4.69, 9.17) is 5.11 Å². The van der Waals surface area contributed by atoms with Crippen LogP contribution in [0.3, 0.4) is 0 Å². The third kappa shape index (κ3) is 7.32. The van der Waals surface area contributed by atoms with Crippen LogP contribution in [-0.4, -0.2) is 11.1 Å². The highest BCUT2D eigenvalue weighted by atomic mass is 16.4. The van der Waals surface area contributed by atoms with E-state index >= 15 is 0 Å². The molecule has 0 aromatic heterocycles. The Kier molecular flexibility index (Phi) is 6.44. The van der Waals surface area contributed by atoms with Crippen molar-refractivity contribution in [1.29, 1.82) is 0 Å². The Balaban J connectivity index is 0.000000217. The van der Waals surface area contributed by atoms with E-state index in [2.05, 4.69) is 13.0 Å². The topological polar surface area (TPSA) is 37.3 Å². The van der Waals surface area contributed by atoms with Crippen molar-refractivity contribution in [2.24, 2.45) is 0 Å². The van der Waals surface area contributed by atoms with Crippen LogP contribution in [0, 0.1) is 0 Å². The van der Waals surface area contributed by atoms with Crippen LogP contribution in [0.5, 0.6) is 0 Å². The number of carbonyl (C=O) groups is 1. The maximum Gasteiger partial charge on any atom is 0.303 e. The fourth-order valence-corrected chi connectivity index (χ4v) is 0.999. The molecule has 0 saturated carbocycles. The monoisotopic (exact) mass is 170 g/mol. The van der Waals surface area contributed by atoms with Crippen molar-refractivity contribution in [3.63, 3.8) is 0 Å². The summed E-state index contributed by atoms with van der Waals surface area (Å²) in [5.74, 6) is -0.745. The van der Waals surface area contributed by atoms with Gasteiger partial charge in [-0.25, -0.2) is 0 Å². The maximum absolute atomic E-state index is 9.37. The average Bonchev–Trinajstić information content (AvgIpc) is 2.07. The summed E-state index contributed by atoms with van der Waals surface area (Å²) < 4.78 is 0. The first-order chi connectivity index (χ1) is 5.66. The zero-order chi connectivity index (χ0) is 9.40. The Hall–Kier alpha value is -0.790. The lowest BCUT2D eigenvalue weighted by molar-refractivity contribution is -0.136. The Labute approximate surface area is 74.3 Å². The molecule has 12 heavy (non-hydrogen) atoms. The second-order valence-electron chi connectivity index (χ2n) is 3.04. The van der Waals surface area contributed by atoms with Gasteiger partial charge in [-0.05, 0) is 32.6 Å². The molecule has 0 fully saturated rings. The van der Waals surface area contributed by atoms with Crippen LogP contribution >= 0.6 is 0 Å². The number of hydrogen-bond donors (Lipinski definition) is 1.